The number of hydrogen-bond donors (Lipinski definition) is 2. The van der Waals surface area contributed by atoms with Crippen molar-refractivity contribution in [2.75, 3.05) is 0 Å². The summed E-state index contributed by atoms with van der Waals surface area (Å²) in [5.41, 5.74) is 1.06. The van der Waals surface area contributed by atoms with Crippen molar-refractivity contribution < 1.29 is 4.79 Å². The Bertz CT molecular complexity index is 394. The summed E-state index contributed by atoms with van der Waals surface area (Å²) in [5.74, 6) is 0.150. The lowest BCUT2D eigenvalue weighted by molar-refractivity contribution is -0.121. The van der Waals surface area contributed by atoms with Crippen LogP contribution in [-0.2, 0) is 11.2 Å². The van der Waals surface area contributed by atoms with Crippen LogP contribution in [0.3, 0.4) is 0 Å². The number of thiol groups is 1. The molecule has 1 amide bonds. The Kier molecular flexibility index (Phi) is 5.77. The molecule has 0 bridgehead atoms. The SMILES string of the molecule is O=C(Cc1ccc(S)cc1)NC1CCCCCCC1. The molecule has 1 N–H and O–H groups in total. The van der Waals surface area contributed by atoms with Crippen LogP contribution < -0.4 is 5.32 Å². The summed E-state index contributed by atoms with van der Waals surface area (Å²) in [6.07, 6.45) is 9.24. The smallest absolute Gasteiger partial charge is 0.224 e. The van der Waals surface area contributed by atoms with Gasteiger partial charge in [-0.15, -0.1) is 12.6 Å². The van der Waals surface area contributed by atoms with Crippen LogP contribution >= 0.6 is 12.6 Å². The number of hydrogen-bond acceptors (Lipinski definition) is 2. The molecule has 0 aromatic heterocycles. The van der Waals surface area contributed by atoms with Gasteiger partial charge in [-0.3, -0.25) is 4.79 Å². The van der Waals surface area contributed by atoms with Crippen molar-refractivity contribution in [1.29, 1.82) is 0 Å². The Balaban J connectivity index is 1.80. The van der Waals surface area contributed by atoms with E-state index in [0.717, 1.165) is 23.3 Å². The molecule has 1 aromatic carbocycles. The van der Waals surface area contributed by atoms with Crippen LogP contribution in [0.25, 0.3) is 0 Å². The third-order valence-corrected chi connectivity index (χ3v) is 4.07. The van der Waals surface area contributed by atoms with E-state index >= 15 is 0 Å². The maximum Gasteiger partial charge on any atom is 0.224 e. The quantitative estimate of drug-likeness (QED) is 0.810. The van der Waals surface area contributed by atoms with E-state index in [0.29, 0.717) is 12.5 Å². The standard InChI is InChI=1S/C16H23NOS/c18-16(12-13-8-10-15(19)11-9-13)17-14-6-4-2-1-3-5-7-14/h8-11,14,19H,1-7,12H2,(H,17,18). The highest BCUT2D eigenvalue weighted by atomic mass is 32.1. The molecule has 2 rings (SSSR count). The summed E-state index contributed by atoms with van der Waals surface area (Å²) in [6.45, 7) is 0. The first-order valence-corrected chi connectivity index (χ1v) is 7.76. The lowest BCUT2D eigenvalue weighted by Crippen LogP contribution is -2.36. The van der Waals surface area contributed by atoms with Gasteiger partial charge >= 0.3 is 0 Å². The molecule has 1 aliphatic carbocycles. The Morgan fingerprint density at radius 2 is 1.63 bits per heavy atom. The molecule has 1 fully saturated rings. The molecule has 0 aliphatic heterocycles. The van der Waals surface area contributed by atoms with Gasteiger partial charge in [-0.1, -0.05) is 44.2 Å². The predicted molar refractivity (Wildman–Crippen MR) is 81.6 cm³/mol. The molecular formula is C16H23NOS. The molecule has 104 valence electrons. The van der Waals surface area contributed by atoms with E-state index in [2.05, 4.69) is 17.9 Å². The van der Waals surface area contributed by atoms with E-state index in [-0.39, 0.29) is 5.91 Å². The molecule has 2 nitrogen and oxygen atoms in total. The lowest BCUT2D eigenvalue weighted by atomic mass is 9.96. The topological polar surface area (TPSA) is 29.1 Å². The van der Waals surface area contributed by atoms with E-state index in [9.17, 15) is 4.79 Å². The highest BCUT2D eigenvalue weighted by Crippen LogP contribution is 2.17. The highest BCUT2D eigenvalue weighted by Gasteiger charge is 2.14. The number of benzene rings is 1. The molecule has 19 heavy (non-hydrogen) atoms. The first kappa shape index (κ1) is 14.4. The molecular weight excluding hydrogens is 254 g/mol. The highest BCUT2D eigenvalue weighted by molar-refractivity contribution is 7.80. The fourth-order valence-corrected chi connectivity index (χ4v) is 2.83. The average Bonchev–Trinajstić information content (AvgIpc) is 2.35. The van der Waals surface area contributed by atoms with Gasteiger partial charge in [0.25, 0.3) is 0 Å². The van der Waals surface area contributed by atoms with Gasteiger partial charge in [-0.25, -0.2) is 0 Å². The molecule has 0 unspecified atom stereocenters. The van der Waals surface area contributed by atoms with E-state index < -0.39 is 0 Å². The normalized spacial score (nSPS) is 17.5. The zero-order valence-corrected chi connectivity index (χ0v) is 12.3. The van der Waals surface area contributed by atoms with Gasteiger partial charge in [0.1, 0.15) is 0 Å². The van der Waals surface area contributed by atoms with Crippen molar-refractivity contribution >= 4 is 18.5 Å². The number of carbonyl (C=O) groups excluding carboxylic acids is 1. The van der Waals surface area contributed by atoms with Gasteiger partial charge in [-0.2, -0.15) is 0 Å². The van der Waals surface area contributed by atoms with E-state index in [1.807, 2.05) is 24.3 Å². The number of nitrogens with one attached hydrogen (secondary N) is 1. The fraction of sp³-hybridized carbons (Fsp3) is 0.562. The summed E-state index contributed by atoms with van der Waals surface area (Å²) < 4.78 is 0. The molecule has 3 heteroatoms. The molecule has 0 saturated heterocycles. The van der Waals surface area contributed by atoms with Crippen molar-refractivity contribution in [2.24, 2.45) is 0 Å². The second-order valence-electron chi connectivity index (χ2n) is 5.45. The largest absolute Gasteiger partial charge is 0.353 e. The number of carbonyl (C=O) groups is 1. The van der Waals surface area contributed by atoms with Crippen molar-refractivity contribution in [1.82, 2.24) is 5.32 Å². The Hall–Kier alpha value is -0.960. The number of amides is 1. The molecule has 1 aromatic rings. The second kappa shape index (κ2) is 7.59. The fourth-order valence-electron chi connectivity index (χ4n) is 2.68. The van der Waals surface area contributed by atoms with Crippen LogP contribution in [0, 0.1) is 0 Å². The number of rotatable bonds is 3. The van der Waals surface area contributed by atoms with Crippen LogP contribution in [-0.4, -0.2) is 11.9 Å². The van der Waals surface area contributed by atoms with Gasteiger partial charge in [0.15, 0.2) is 0 Å². The molecule has 1 saturated carbocycles. The summed E-state index contributed by atoms with van der Waals surface area (Å²) in [7, 11) is 0. The van der Waals surface area contributed by atoms with E-state index in [1.54, 1.807) is 0 Å². The minimum absolute atomic E-state index is 0.150. The summed E-state index contributed by atoms with van der Waals surface area (Å²) in [6, 6.07) is 8.19. The summed E-state index contributed by atoms with van der Waals surface area (Å²) in [4.78, 5) is 13.0. The van der Waals surface area contributed by atoms with Gasteiger partial charge in [-0.05, 0) is 30.5 Å². The third-order valence-electron chi connectivity index (χ3n) is 3.77. The first-order chi connectivity index (χ1) is 9.24. The monoisotopic (exact) mass is 277 g/mol. The van der Waals surface area contributed by atoms with Crippen LogP contribution in [0.4, 0.5) is 0 Å². The van der Waals surface area contributed by atoms with E-state index in [1.165, 1.54) is 32.1 Å². The Labute approximate surface area is 121 Å². The van der Waals surface area contributed by atoms with Gasteiger partial charge in [0.05, 0.1) is 6.42 Å². The van der Waals surface area contributed by atoms with Crippen LogP contribution in [0.15, 0.2) is 29.2 Å². The maximum absolute atomic E-state index is 12.0. The Morgan fingerprint density at radius 1 is 1.05 bits per heavy atom. The maximum atomic E-state index is 12.0. The summed E-state index contributed by atoms with van der Waals surface area (Å²) in [5, 5.41) is 3.19. The van der Waals surface area contributed by atoms with Crippen molar-refractivity contribution in [2.45, 2.75) is 62.3 Å². The minimum atomic E-state index is 0.150. The third kappa shape index (κ3) is 5.27. The summed E-state index contributed by atoms with van der Waals surface area (Å²) >= 11 is 4.25. The zero-order chi connectivity index (χ0) is 13.5. The average molecular weight is 277 g/mol. The van der Waals surface area contributed by atoms with Crippen LogP contribution in [0.5, 0.6) is 0 Å². The Morgan fingerprint density at radius 3 is 2.26 bits per heavy atom. The van der Waals surface area contributed by atoms with Crippen molar-refractivity contribution in [3.05, 3.63) is 29.8 Å². The first-order valence-electron chi connectivity index (χ1n) is 7.31. The van der Waals surface area contributed by atoms with Crippen LogP contribution in [0.1, 0.15) is 50.5 Å². The molecule has 0 heterocycles. The second-order valence-corrected chi connectivity index (χ2v) is 5.97. The van der Waals surface area contributed by atoms with Gasteiger partial charge in [0.2, 0.25) is 5.91 Å². The molecule has 0 atom stereocenters. The van der Waals surface area contributed by atoms with Crippen molar-refractivity contribution in [3.8, 4) is 0 Å². The van der Waals surface area contributed by atoms with Crippen LogP contribution in [0.2, 0.25) is 0 Å². The van der Waals surface area contributed by atoms with Gasteiger partial charge in [0, 0.05) is 10.9 Å². The zero-order valence-electron chi connectivity index (χ0n) is 11.4. The van der Waals surface area contributed by atoms with E-state index in [4.69, 9.17) is 0 Å². The predicted octanol–water partition coefficient (Wildman–Crippen LogP) is 3.75. The molecule has 1 aliphatic rings. The minimum Gasteiger partial charge on any atom is -0.353 e. The van der Waals surface area contributed by atoms with Gasteiger partial charge < -0.3 is 5.32 Å². The van der Waals surface area contributed by atoms with Crippen molar-refractivity contribution in [3.63, 3.8) is 0 Å². The lowest BCUT2D eigenvalue weighted by Gasteiger charge is -2.21. The molecule has 0 radical (unpaired) electrons. The molecule has 0 spiro atoms.